The number of carbonyl (C=O) groups is 1. The van der Waals surface area contributed by atoms with Crippen LogP contribution in [0, 0.1) is 12.8 Å². The highest BCUT2D eigenvalue weighted by Gasteiger charge is 2.36. The van der Waals surface area contributed by atoms with E-state index in [1.165, 1.54) is 5.56 Å². The van der Waals surface area contributed by atoms with Crippen molar-refractivity contribution in [3.63, 3.8) is 0 Å². The fourth-order valence-corrected chi connectivity index (χ4v) is 4.10. The lowest BCUT2D eigenvalue weighted by Crippen LogP contribution is -2.30. The molecule has 7 heteroatoms. The molecule has 0 radical (unpaired) electrons. The number of nitrogens with two attached hydrogens (primary N) is 1. The SMILES string of the molecule is Cc1noc2nc(C(C)C)cc(C(=O)N3C[C@@H](CN)[C@H](c4ccccc4)C3)c12.Cl. The number of likely N-dealkylation sites (tertiary alicyclic amines) is 1. The molecule has 1 aromatic carbocycles. The number of amides is 1. The fourth-order valence-electron chi connectivity index (χ4n) is 4.10. The molecule has 1 aliphatic heterocycles. The van der Waals surface area contributed by atoms with Crippen LogP contribution in [-0.2, 0) is 0 Å². The summed E-state index contributed by atoms with van der Waals surface area (Å²) < 4.78 is 5.37. The molecule has 4 rings (SSSR count). The van der Waals surface area contributed by atoms with Crippen LogP contribution < -0.4 is 5.73 Å². The van der Waals surface area contributed by atoms with Crippen LogP contribution in [0.2, 0.25) is 0 Å². The van der Waals surface area contributed by atoms with Gasteiger partial charge in [0.05, 0.1) is 16.6 Å². The molecule has 1 aliphatic rings. The Morgan fingerprint density at radius 2 is 2.00 bits per heavy atom. The maximum atomic E-state index is 13.5. The van der Waals surface area contributed by atoms with Crippen LogP contribution in [0.4, 0.5) is 0 Å². The van der Waals surface area contributed by atoms with Crippen molar-refractivity contribution in [1.82, 2.24) is 15.0 Å². The Morgan fingerprint density at radius 1 is 1.28 bits per heavy atom. The van der Waals surface area contributed by atoms with E-state index in [1.807, 2.05) is 36.1 Å². The molecule has 1 fully saturated rings. The topological polar surface area (TPSA) is 85.2 Å². The number of carbonyl (C=O) groups excluding carboxylic acids is 1. The van der Waals surface area contributed by atoms with Crippen molar-refractivity contribution < 1.29 is 9.32 Å². The summed E-state index contributed by atoms with van der Waals surface area (Å²) in [5, 5.41) is 4.74. The maximum Gasteiger partial charge on any atom is 0.259 e. The Hall–Kier alpha value is -2.44. The molecular weight excluding hydrogens is 388 g/mol. The number of benzene rings is 1. The Kier molecular flexibility index (Phi) is 6.24. The molecule has 0 bridgehead atoms. The van der Waals surface area contributed by atoms with Gasteiger partial charge in [0.25, 0.3) is 11.6 Å². The highest BCUT2D eigenvalue weighted by atomic mass is 35.5. The molecule has 0 aliphatic carbocycles. The van der Waals surface area contributed by atoms with Crippen LogP contribution in [0.1, 0.15) is 53.0 Å². The first-order valence-electron chi connectivity index (χ1n) is 9.80. The third-order valence-electron chi connectivity index (χ3n) is 5.72. The summed E-state index contributed by atoms with van der Waals surface area (Å²) in [5.41, 5.74) is 9.86. The molecule has 3 heterocycles. The summed E-state index contributed by atoms with van der Waals surface area (Å²) in [6, 6.07) is 12.2. The Bertz CT molecular complexity index is 1000. The lowest BCUT2D eigenvalue weighted by Gasteiger charge is -2.18. The van der Waals surface area contributed by atoms with Gasteiger partial charge < -0.3 is 15.2 Å². The quantitative estimate of drug-likeness (QED) is 0.699. The monoisotopic (exact) mass is 414 g/mol. The molecule has 3 aromatic rings. The van der Waals surface area contributed by atoms with Crippen LogP contribution in [-0.4, -0.2) is 40.6 Å². The molecule has 1 amide bonds. The zero-order chi connectivity index (χ0) is 19.8. The summed E-state index contributed by atoms with van der Waals surface area (Å²) in [5.74, 6) is 0.684. The van der Waals surface area contributed by atoms with Crippen LogP contribution >= 0.6 is 12.4 Å². The van der Waals surface area contributed by atoms with E-state index >= 15 is 0 Å². The zero-order valence-electron chi connectivity index (χ0n) is 17.0. The van der Waals surface area contributed by atoms with Crippen molar-refractivity contribution in [1.29, 1.82) is 0 Å². The number of nitrogens with zero attached hydrogens (tertiary/aromatic N) is 3. The van der Waals surface area contributed by atoms with Gasteiger partial charge in [0.2, 0.25) is 0 Å². The summed E-state index contributed by atoms with van der Waals surface area (Å²) >= 11 is 0. The molecule has 6 nitrogen and oxygen atoms in total. The van der Waals surface area contributed by atoms with Gasteiger partial charge in [-0.3, -0.25) is 4.79 Å². The summed E-state index contributed by atoms with van der Waals surface area (Å²) in [6.45, 7) is 7.82. The first-order chi connectivity index (χ1) is 13.5. The third-order valence-corrected chi connectivity index (χ3v) is 5.72. The number of hydrogen-bond acceptors (Lipinski definition) is 5. The largest absolute Gasteiger partial charge is 0.338 e. The molecule has 2 N–H and O–H groups in total. The predicted octanol–water partition coefficient (Wildman–Crippen LogP) is 3.89. The fraction of sp³-hybridized carbons (Fsp3) is 0.409. The average molecular weight is 415 g/mol. The number of rotatable bonds is 4. The van der Waals surface area contributed by atoms with Gasteiger partial charge in [-0.2, -0.15) is 0 Å². The standard InChI is InChI=1S/C22H26N4O2.ClH/c1-13(2)19-9-17(20-14(3)25-28-21(20)24-19)22(27)26-11-16(10-23)18(12-26)15-7-5-4-6-8-15;/h4-9,13,16,18H,10-12,23H2,1-3H3;1H/t16-,18+;/m1./s1. The molecule has 154 valence electrons. The minimum absolute atomic E-state index is 0. The molecule has 29 heavy (non-hydrogen) atoms. The summed E-state index contributed by atoms with van der Waals surface area (Å²) in [4.78, 5) is 20.0. The van der Waals surface area contributed by atoms with Gasteiger partial charge in [0.1, 0.15) is 0 Å². The van der Waals surface area contributed by atoms with Crippen molar-refractivity contribution in [3.8, 4) is 0 Å². The first-order valence-corrected chi connectivity index (χ1v) is 9.80. The highest BCUT2D eigenvalue weighted by Crippen LogP contribution is 2.34. The van der Waals surface area contributed by atoms with E-state index in [-0.39, 0.29) is 36.1 Å². The van der Waals surface area contributed by atoms with E-state index < -0.39 is 0 Å². The normalized spacial score (nSPS) is 19.0. The van der Waals surface area contributed by atoms with Crippen molar-refractivity contribution >= 4 is 29.4 Å². The number of pyridine rings is 1. The highest BCUT2D eigenvalue weighted by molar-refractivity contribution is 6.06. The molecule has 1 saturated heterocycles. The number of aryl methyl sites for hydroxylation is 1. The number of aromatic nitrogens is 2. The number of hydrogen-bond donors (Lipinski definition) is 1. The second kappa shape index (κ2) is 8.51. The minimum Gasteiger partial charge on any atom is -0.338 e. The predicted molar refractivity (Wildman–Crippen MR) is 116 cm³/mol. The number of halogens is 1. The molecule has 0 unspecified atom stereocenters. The van der Waals surface area contributed by atoms with Crippen molar-refractivity contribution in [2.45, 2.75) is 32.6 Å². The Morgan fingerprint density at radius 3 is 2.66 bits per heavy atom. The van der Waals surface area contributed by atoms with Crippen molar-refractivity contribution in [2.75, 3.05) is 19.6 Å². The van der Waals surface area contributed by atoms with E-state index in [4.69, 9.17) is 10.3 Å². The van der Waals surface area contributed by atoms with Gasteiger partial charge in [0.15, 0.2) is 0 Å². The van der Waals surface area contributed by atoms with Gasteiger partial charge in [-0.1, -0.05) is 49.3 Å². The lowest BCUT2D eigenvalue weighted by molar-refractivity contribution is 0.0788. The van der Waals surface area contributed by atoms with E-state index in [1.54, 1.807) is 0 Å². The van der Waals surface area contributed by atoms with Gasteiger partial charge in [-0.25, -0.2) is 4.98 Å². The van der Waals surface area contributed by atoms with Crippen molar-refractivity contribution in [3.05, 3.63) is 58.9 Å². The molecule has 0 saturated carbocycles. The summed E-state index contributed by atoms with van der Waals surface area (Å²) in [6.07, 6.45) is 0. The van der Waals surface area contributed by atoms with E-state index in [2.05, 4.69) is 36.1 Å². The lowest BCUT2D eigenvalue weighted by atomic mass is 9.89. The van der Waals surface area contributed by atoms with Gasteiger partial charge in [-0.05, 0) is 36.9 Å². The van der Waals surface area contributed by atoms with E-state index in [0.29, 0.717) is 42.0 Å². The maximum absolute atomic E-state index is 13.5. The Balaban J connectivity index is 0.00000240. The van der Waals surface area contributed by atoms with Gasteiger partial charge in [-0.15, -0.1) is 12.4 Å². The second-order valence-electron chi connectivity index (χ2n) is 7.92. The molecule has 2 aromatic heterocycles. The van der Waals surface area contributed by atoms with E-state index in [9.17, 15) is 4.79 Å². The summed E-state index contributed by atoms with van der Waals surface area (Å²) in [7, 11) is 0. The number of fused-ring (bicyclic) bond motifs is 1. The molecule has 2 atom stereocenters. The molecule has 0 spiro atoms. The zero-order valence-corrected chi connectivity index (χ0v) is 17.8. The van der Waals surface area contributed by atoms with Crippen LogP contribution in [0.3, 0.4) is 0 Å². The Labute approximate surface area is 176 Å². The van der Waals surface area contributed by atoms with Gasteiger partial charge >= 0.3 is 0 Å². The smallest absolute Gasteiger partial charge is 0.259 e. The van der Waals surface area contributed by atoms with Crippen LogP contribution in [0.15, 0.2) is 40.9 Å². The molecular formula is C22H27ClN4O2. The third kappa shape index (κ3) is 3.87. The second-order valence-corrected chi connectivity index (χ2v) is 7.92. The van der Waals surface area contributed by atoms with Crippen LogP contribution in [0.25, 0.3) is 11.1 Å². The average Bonchev–Trinajstić information content (AvgIpc) is 3.31. The van der Waals surface area contributed by atoms with Crippen molar-refractivity contribution in [2.24, 2.45) is 11.7 Å². The first kappa shape index (κ1) is 21.3. The van der Waals surface area contributed by atoms with E-state index in [0.717, 1.165) is 5.69 Å². The van der Waals surface area contributed by atoms with Gasteiger partial charge in [0, 0.05) is 24.7 Å². The minimum atomic E-state index is -0.00233. The van der Waals surface area contributed by atoms with Crippen LogP contribution in [0.5, 0.6) is 0 Å².